The topological polar surface area (TPSA) is 60.7 Å². The van der Waals surface area contributed by atoms with Crippen LogP contribution in [0.15, 0.2) is 65.3 Å². The Bertz CT molecular complexity index is 972. The fourth-order valence-corrected chi connectivity index (χ4v) is 3.15. The fraction of sp³-hybridized carbons (Fsp3) is 0.190. The van der Waals surface area contributed by atoms with Crippen molar-refractivity contribution in [1.82, 2.24) is 0 Å². The highest BCUT2D eigenvalue weighted by molar-refractivity contribution is 5.94. The summed E-state index contributed by atoms with van der Waals surface area (Å²) in [6.45, 7) is -2.80. The minimum absolute atomic E-state index is 0.130. The number of amides is 1. The predicted octanol–water partition coefficient (Wildman–Crippen LogP) is 4.74. The zero-order chi connectivity index (χ0) is 19.5. The summed E-state index contributed by atoms with van der Waals surface area (Å²) in [6.07, 6.45) is 2.00. The first-order valence-electron chi connectivity index (χ1n) is 8.74. The highest BCUT2D eigenvalue weighted by Crippen LogP contribution is 2.33. The zero-order valence-electron chi connectivity index (χ0n) is 14.7. The maximum absolute atomic E-state index is 12.9. The van der Waals surface area contributed by atoms with E-state index in [1.807, 2.05) is 24.3 Å². The number of furan rings is 1. The molecule has 1 unspecified atom stereocenters. The van der Waals surface area contributed by atoms with Gasteiger partial charge < -0.3 is 19.2 Å². The van der Waals surface area contributed by atoms with Gasteiger partial charge >= 0.3 is 6.61 Å². The number of hydrogen-bond donors (Lipinski definition) is 1. The Balaban J connectivity index is 1.54. The number of benzene rings is 2. The number of halogens is 2. The first-order valence-corrected chi connectivity index (χ1v) is 8.74. The summed E-state index contributed by atoms with van der Waals surface area (Å²) in [5, 5.41) is 2.68. The Morgan fingerprint density at radius 2 is 2.00 bits per heavy atom. The smallest absolute Gasteiger partial charge is 0.387 e. The molecule has 0 radical (unpaired) electrons. The Morgan fingerprint density at radius 3 is 2.79 bits per heavy atom. The molecule has 0 saturated heterocycles. The fourth-order valence-electron chi connectivity index (χ4n) is 3.15. The maximum Gasteiger partial charge on any atom is 0.387 e. The van der Waals surface area contributed by atoms with Crippen LogP contribution in [-0.2, 0) is 11.2 Å². The molecule has 1 atom stereocenters. The van der Waals surface area contributed by atoms with E-state index in [0.29, 0.717) is 17.7 Å². The largest absolute Gasteiger partial charge is 0.492 e. The van der Waals surface area contributed by atoms with E-state index in [1.54, 1.807) is 18.2 Å². The average molecular weight is 385 g/mol. The van der Waals surface area contributed by atoms with E-state index >= 15 is 0 Å². The van der Waals surface area contributed by atoms with Crippen LogP contribution < -0.4 is 14.8 Å². The van der Waals surface area contributed by atoms with Crippen LogP contribution in [0.4, 0.5) is 14.5 Å². The molecule has 0 saturated carbocycles. The highest BCUT2D eigenvalue weighted by Gasteiger charge is 2.27. The second-order valence-electron chi connectivity index (χ2n) is 6.38. The van der Waals surface area contributed by atoms with Crippen LogP contribution in [-0.4, -0.2) is 19.1 Å². The minimum atomic E-state index is -3.02. The monoisotopic (exact) mass is 385 g/mol. The Labute approximate surface area is 159 Å². The number of alkyl halides is 2. The molecule has 7 heteroatoms. The van der Waals surface area contributed by atoms with Crippen LogP contribution in [0, 0.1) is 5.92 Å². The summed E-state index contributed by atoms with van der Waals surface area (Å²) in [6, 6.07) is 15.5. The first kappa shape index (κ1) is 18.0. The van der Waals surface area contributed by atoms with Crippen molar-refractivity contribution in [3.05, 3.63) is 66.4 Å². The van der Waals surface area contributed by atoms with Crippen molar-refractivity contribution in [3.63, 3.8) is 0 Å². The Hall–Kier alpha value is -3.35. The molecular weight excluding hydrogens is 368 g/mol. The SMILES string of the molecule is O=C(Nc1ccc(-c2ccco2)cc1OC(F)F)C1COc2ccccc2C1. The third-order valence-electron chi connectivity index (χ3n) is 4.51. The number of fused-ring (bicyclic) bond motifs is 1. The molecule has 1 N–H and O–H groups in total. The summed E-state index contributed by atoms with van der Waals surface area (Å²) < 4.78 is 41.2. The molecule has 0 aliphatic carbocycles. The van der Waals surface area contributed by atoms with Crippen LogP contribution >= 0.6 is 0 Å². The third-order valence-corrected chi connectivity index (χ3v) is 4.51. The van der Waals surface area contributed by atoms with Crippen molar-refractivity contribution in [2.75, 3.05) is 11.9 Å². The van der Waals surface area contributed by atoms with Gasteiger partial charge in [-0.3, -0.25) is 4.79 Å². The summed E-state index contributed by atoms with van der Waals surface area (Å²) in [5.74, 6) is 0.387. The van der Waals surface area contributed by atoms with Crippen molar-refractivity contribution in [2.45, 2.75) is 13.0 Å². The van der Waals surface area contributed by atoms with Crippen molar-refractivity contribution in [2.24, 2.45) is 5.92 Å². The van der Waals surface area contributed by atoms with Crippen LogP contribution in [0.3, 0.4) is 0 Å². The van der Waals surface area contributed by atoms with Gasteiger partial charge in [-0.25, -0.2) is 0 Å². The molecule has 144 valence electrons. The zero-order valence-corrected chi connectivity index (χ0v) is 14.7. The van der Waals surface area contributed by atoms with Crippen LogP contribution in [0.1, 0.15) is 5.56 Å². The number of hydrogen-bond acceptors (Lipinski definition) is 4. The van der Waals surface area contributed by atoms with Crippen molar-refractivity contribution < 1.29 is 27.5 Å². The normalized spacial score (nSPS) is 15.6. The molecule has 1 aliphatic heterocycles. The number of rotatable bonds is 5. The van der Waals surface area contributed by atoms with Gasteiger partial charge in [-0.05, 0) is 48.4 Å². The summed E-state index contributed by atoms with van der Waals surface area (Å²) in [7, 11) is 0. The molecule has 0 bridgehead atoms. The lowest BCUT2D eigenvalue weighted by Crippen LogP contribution is -2.32. The second kappa shape index (κ2) is 7.72. The summed E-state index contributed by atoms with van der Waals surface area (Å²) in [5.41, 5.74) is 1.67. The lowest BCUT2D eigenvalue weighted by molar-refractivity contribution is -0.121. The number of anilines is 1. The Morgan fingerprint density at radius 1 is 1.14 bits per heavy atom. The molecule has 2 heterocycles. The summed E-state index contributed by atoms with van der Waals surface area (Å²) >= 11 is 0. The van der Waals surface area contributed by atoms with Gasteiger partial charge in [0.05, 0.1) is 17.9 Å². The van der Waals surface area contributed by atoms with Crippen molar-refractivity contribution >= 4 is 11.6 Å². The standard InChI is InChI=1S/C21H17F2NO4/c22-21(23)28-19-11-14(17-6-3-9-26-17)7-8-16(19)24-20(25)15-10-13-4-1-2-5-18(13)27-12-15/h1-9,11,15,21H,10,12H2,(H,24,25). The van der Waals surface area contributed by atoms with Gasteiger partial charge in [-0.2, -0.15) is 8.78 Å². The van der Waals surface area contributed by atoms with Gasteiger partial charge in [0.15, 0.2) is 0 Å². The van der Waals surface area contributed by atoms with Crippen LogP contribution in [0.5, 0.6) is 11.5 Å². The molecule has 0 fully saturated rings. The maximum atomic E-state index is 12.9. The lowest BCUT2D eigenvalue weighted by atomic mass is 9.96. The molecule has 0 spiro atoms. The number of para-hydroxylation sites is 1. The van der Waals surface area contributed by atoms with E-state index in [2.05, 4.69) is 10.1 Å². The van der Waals surface area contributed by atoms with Gasteiger partial charge in [0.1, 0.15) is 23.9 Å². The van der Waals surface area contributed by atoms with Gasteiger partial charge in [-0.1, -0.05) is 18.2 Å². The van der Waals surface area contributed by atoms with E-state index in [4.69, 9.17) is 9.15 Å². The van der Waals surface area contributed by atoms with E-state index in [9.17, 15) is 13.6 Å². The molecule has 1 aliphatic rings. The molecule has 1 amide bonds. The number of carbonyl (C=O) groups excluding carboxylic acids is 1. The van der Waals surface area contributed by atoms with E-state index < -0.39 is 12.5 Å². The van der Waals surface area contributed by atoms with Gasteiger partial charge in [0.25, 0.3) is 0 Å². The minimum Gasteiger partial charge on any atom is -0.492 e. The molecule has 5 nitrogen and oxygen atoms in total. The van der Waals surface area contributed by atoms with E-state index in [1.165, 1.54) is 18.4 Å². The molecule has 3 aromatic rings. The lowest BCUT2D eigenvalue weighted by Gasteiger charge is -2.25. The summed E-state index contributed by atoms with van der Waals surface area (Å²) in [4.78, 5) is 12.7. The second-order valence-corrected chi connectivity index (χ2v) is 6.38. The van der Waals surface area contributed by atoms with Crippen molar-refractivity contribution in [3.8, 4) is 22.8 Å². The molecular formula is C21H17F2NO4. The molecule has 28 heavy (non-hydrogen) atoms. The molecule has 4 rings (SSSR count). The Kier molecular flexibility index (Phi) is 4.97. The molecule has 1 aromatic heterocycles. The number of nitrogens with one attached hydrogen (secondary N) is 1. The first-order chi connectivity index (χ1) is 13.6. The number of carbonyl (C=O) groups is 1. The van der Waals surface area contributed by atoms with Gasteiger partial charge in [-0.15, -0.1) is 0 Å². The highest BCUT2D eigenvalue weighted by atomic mass is 19.3. The third kappa shape index (κ3) is 3.83. The van der Waals surface area contributed by atoms with E-state index in [-0.39, 0.29) is 24.0 Å². The quantitative estimate of drug-likeness (QED) is 0.689. The molecule has 2 aromatic carbocycles. The average Bonchev–Trinajstić information content (AvgIpc) is 3.23. The van der Waals surface area contributed by atoms with Crippen LogP contribution in [0.2, 0.25) is 0 Å². The van der Waals surface area contributed by atoms with Gasteiger partial charge in [0, 0.05) is 5.56 Å². The predicted molar refractivity (Wildman–Crippen MR) is 98.5 cm³/mol. The van der Waals surface area contributed by atoms with Crippen molar-refractivity contribution in [1.29, 1.82) is 0 Å². The van der Waals surface area contributed by atoms with Crippen LogP contribution in [0.25, 0.3) is 11.3 Å². The number of ether oxygens (including phenoxy) is 2. The van der Waals surface area contributed by atoms with Gasteiger partial charge in [0.2, 0.25) is 5.91 Å². The van der Waals surface area contributed by atoms with E-state index in [0.717, 1.165) is 11.3 Å².